The van der Waals surface area contributed by atoms with Gasteiger partial charge in [-0.25, -0.2) is 4.39 Å². The first-order valence-corrected chi connectivity index (χ1v) is 5.36. The zero-order chi connectivity index (χ0) is 11.4. The summed E-state index contributed by atoms with van der Waals surface area (Å²) < 4.78 is 18.6. The number of rotatable bonds is 2. The Bertz CT molecular complexity index is 408. The molecule has 1 saturated heterocycles. The third-order valence-corrected chi connectivity index (χ3v) is 2.64. The van der Waals surface area contributed by atoms with Crippen LogP contribution in [-0.2, 0) is 0 Å². The summed E-state index contributed by atoms with van der Waals surface area (Å²) in [6.07, 6.45) is 1.96. The van der Waals surface area contributed by atoms with E-state index in [0.717, 1.165) is 25.9 Å². The predicted molar refractivity (Wildman–Crippen MR) is 57.6 cm³/mol. The number of nitrogens with zero attached hydrogens (tertiary/aromatic N) is 1. The van der Waals surface area contributed by atoms with Gasteiger partial charge in [-0.1, -0.05) is 0 Å². The van der Waals surface area contributed by atoms with Crippen LogP contribution >= 0.6 is 0 Å². The Labute approximate surface area is 93.8 Å². The van der Waals surface area contributed by atoms with Crippen molar-refractivity contribution in [3.8, 4) is 11.8 Å². The summed E-state index contributed by atoms with van der Waals surface area (Å²) in [5.74, 6) is 0.0741. The van der Waals surface area contributed by atoms with E-state index >= 15 is 0 Å². The van der Waals surface area contributed by atoms with Crippen molar-refractivity contribution in [3.05, 3.63) is 29.6 Å². The van der Waals surface area contributed by atoms with Crippen molar-refractivity contribution in [2.45, 2.75) is 18.9 Å². The third kappa shape index (κ3) is 2.50. The minimum Gasteiger partial charge on any atom is -0.489 e. The number of nitrogens with one attached hydrogen (secondary N) is 1. The Morgan fingerprint density at radius 1 is 1.38 bits per heavy atom. The molecule has 0 aliphatic carbocycles. The fourth-order valence-electron chi connectivity index (χ4n) is 1.79. The molecule has 84 valence electrons. The van der Waals surface area contributed by atoms with Crippen LogP contribution in [0.2, 0.25) is 0 Å². The summed E-state index contributed by atoms with van der Waals surface area (Å²) in [5.41, 5.74) is 0.263. The van der Waals surface area contributed by atoms with Gasteiger partial charge >= 0.3 is 0 Å². The molecule has 1 heterocycles. The zero-order valence-corrected chi connectivity index (χ0v) is 8.87. The van der Waals surface area contributed by atoms with E-state index in [1.807, 2.05) is 6.07 Å². The van der Waals surface area contributed by atoms with Crippen molar-refractivity contribution < 1.29 is 9.13 Å². The highest BCUT2D eigenvalue weighted by atomic mass is 19.1. The van der Waals surface area contributed by atoms with Crippen molar-refractivity contribution in [2.24, 2.45) is 0 Å². The predicted octanol–water partition coefficient (Wildman–Crippen LogP) is 1.83. The molecule has 0 amide bonds. The van der Waals surface area contributed by atoms with E-state index in [2.05, 4.69) is 5.32 Å². The fourth-order valence-corrected chi connectivity index (χ4v) is 1.79. The minimum atomic E-state index is -0.408. The van der Waals surface area contributed by atoms with Crippen molar-refractivity contribution in [1.82, 2.24) is 5.32 Å². The van der Waals surface area contributed by atoms with Gasteiger partial charge < -0.3 is 10.1 Å². The van der Waals surface area contributed by atoms with Crippen molar-refractivity contribution in [2.75, 3.05) is 13.1 Å². The van der Waals surface area contributed by atoms with Gasteiger partial charge in [-0.3, -0.25) is 0 Å². The van der Waals surface area contributed by atoms with E-state index < -0.39 is 5.82 Å². The molecule has 0 bridgehead atoms. The molecule has 16 heavy (non-hydrogen) atoms. The maximum absolute atomic E-state index is 12.9. The number of hydrogen-bond acceptors (Lipinski definition) is 3. The highest BCUT2D eigenvalue weighted by Gasteiger charge is 2.16. The van der Waals surface area contributed by atoms with Gasteiger partial charge in [0.2, 0.25) is 0 Å². The standard InChI is InChI=1S/C12H13FN2O/c13-10-1-2-12(9(7-10)8-14)16-11-3-5-15-6-4-11/h1-2,7,11,15H,3-6H2. The molecule has 1 fully saturated rings. The lowest BCUT2D eigenvalue weighted by atomic mass is 10.1. The molecular weight excluding hydrogens is 207 g/mol. The summed E-state index contributed by atoms with van der Waals surface area (Å²) >= 11 is 0. The van der Waals surface area contributed by atoms with Gasteiger partial charge in [-0.15, -0.1) is 0 Å². The summed E-state index contributed by atoms with van der Waals surface area (Å²) in [6, 6.07) is 5.99. The Hall–Kier alpha value is -1.60. The molecule has 1 N–H and O–H groups in total. The molecular formula is C12H13FN2O. The lowest BCUT2D eigenvalue weighted by Crippen LogP contribution is -2.34. The Morgan fingerprint density at radius 2 is 2.12 bits per heavy atom. The summed E-state index contributed by atoms with van der Waals surface area (Å²) in [4.78, 5) is 0. The fraction of sp³-hybridized carbons (Fsp3) is 0.417. The number of ether oxygens (including phenoxy) is 1. The molecule has 4 heteroatoms. The van der Waals surface area contributed by atoms with Crippen LogP contribution in [0.4, 0.5) is 4.39 Å². The van der Waals surface area contributed by atoms with Gasteiger partial charge in [0.25, 0.3) is 0 Å². The third-order valence-electron chi connectivity index (χ3n) is 2.64. The van der Waals surface area contributed by atoms with Gasteiger partial charge in [0, 0.05) is 0 Å². The smallest absolute Gasteiger partial charge is 0.137 e. The van der Waals surface area contributed by atoms with Gasteiger partial charge in [0.1, 0.15) is 23.7 Å². The lowest BCUT2D eigenvalue weighted by Gasteiger charge is -2.24. The van der Waals surface area contributed by atoms with E-state index in [-0.39, 0.29) is 11.7 Å². The normalized spacial score (nSPS) is 16.8. The topological polar surface area (TPSA) is 45.0 Å². The molecule has 0 aromatic heterocycles. The van der Waals surface area contributed by atoms with Crippen molar-refractivity contribution >= 4 is 0 Å². The van der Waals surface area contributed by atoms with Crippen molar-refractivity contribution in [1.29, 1.82) is 5.26 Å². The van der Waals surface area contributed by atoms with Crippen molar-refractivity contribution in [3.63, 3.8) is 0 Å². The summed E-state index contributed by atoms with van der Waals surface area (Å²) in [6.45, 7) is 1.85. The Balaban J connectivity index is 2.11. The van der Waals surface area contributed by atoms with Gasteiger partial charge in [0.05, 0.1) is 5.56 Å². The first-order chi connectivity index (χ1) is 7.79. The van der Waals surface area contributed by atoms with Crippen LogP contribution in [-0.4, -0.2) is 19.2 Å². The molecule has 1 aromatic rings. The number of benzene rings is 1. The minimum absolute atomic E-state index is 0.124. The average molecular weight is 220 g/mol. The largest absolute Gasteiger partial charge is 0.489 e. The Kier molecular flexibility index (Phi) is 3.37. The second-order valence-corrected chi connectivity index (χ2v) is 3.82. The summed E-state index contributed by atoms with van der Waals surface area (Å²) in [7, 11) is 0. The highest BCUT2D eigenvalue weighted by molar-refractivity contribution is 5.43. The van der Waals surface area contributed by atoms with Gasteiger partial charge in [-0.05, 0) is 44.1 Å². The molecule has 0 spiro atoms. The molecule has 1 aliphatic heterocycles. The monoisotopic (exact) mass is 220 g/mol. The van der Waals surface area contributed by atoms with Crippen LogP contribution in [0.3, 0.4) is 0 Å². The van der Waals surface area contributed by atoms with Gasteiger partial charge in [0.15, 0.2) is 0 Å². The second-order valence-electron chi connectivity index (χ2n) is 3.82. The second kappa shape index (κ2) is 4.95. The maximum atomic E-state index is 12.9. The Morgan fingerprint density at radius 3 is 2.81 bits per heavy atom. The average Bonchev–Trinajstić information content (AvgIpc) is 2.33. The van der Waals surface area contributed by atoms with E-state index in [0.29, 0.717) is 5.75 Å². The van der Waals surface area contributed by atoms with E-state index in [1.54, 1.807) is 0 Å². The van der Waals surface area contributed by atoms with Crippen LogP contribution in [0, 0.1) is 17.1 Å². The maximum Gasteiger partial charge on any atom is 0.137 e. The van der Waals surface area contributed by atoms with Crippen LogP contribution in [0.1, 0.15) is 18.4 Å². The molecule has 0 unspecified atom stereocenters. The molecule has 2 rings (SSSR count). The first kappa shape index (κ1) is 10.9. The molecule has 1 aliphatic rings. The lowest BCUT2D eigenvalue weighted by molar-refractivity contribution is 0.162. The summed E-state index contributed by atoms with van der Waals surface area (Å²) in [5, 5.41) is 12.1. The molecule has 0 saturated carbocycles. The number of nitriles is 1. The molecule has 3 nitrogen and oxygen atoms in total. The zero-order valence-electron chi connectivity index (χ0n) is 8.87. The van der Waals surface area contributed by atoms with E-state index in [1.165, 1.54) is 18.2 Å². The first-order valence-electron chi connectivity index (χ1n) is 5.36. The van der Waals surface area contributed by atoms with Crippen LogP contribution in [0.25, 0.3) is 0 Å². The van der Waals surface area contributed by atoms with Gasteiger partial charge in [-0.2, -0.15) is 5.26 Å². The van der Waals surface area contributed by atoms with Crippen LogP contribution in [0.15, 0.2) is 18.2 Å². The quantitative estimate of drug-likeness (QED) is 0.827. The molecule has 0 atom stereocenters. The van der Waals surface area contributed by atoms with E-state index in [9.17, 15) is 4.39 Å². The van der Waals surface area contributed by atoms with Crippen LogP contribution in [0.5, 0.6) is 5.75 Å². The van der Waals surface area contributed by atoms with E-state index in [4.69, 9.17) is 10.00 Å². The SMILES string of the molecule is N#Cc1cc(F)ccc1OC1CCNCC1. The van der Waals surface area contributed by atoms with Crippen LogP contribution < -0.4 is 10.1 Å². The number of halogens is 1. The molecule has 0 radical (unpaired) electrons. The highest BCUT2D eigenvalue weighted by Crippen LogP contribution is 2.22. The molecule has 1 aromatic carbocycles. The number of piperidine rings is 1. The number of hydrogen-bond donors (Lipinski definition) is 1.